The monoisotopic (exact) mass is 282 g/mol. The maximum absolute atomic E-state index is 10.6. The van der Waals surface area contributed by atoms with Gasteiger partial charge in [-0.15, -0.1) is 11.8 Å². The summed E-state index contributed by atoms with van der Waals surface area (Å²) in [5, 5.41) is 0. The van der Waals surface area contributed by atoms with Gasteiger partial charge in [0.05, 0.1) is 0 Å². The normalized spacial score (nSPS) is 15.7. The van der Waals surface area contributed by atoms with Gasteiger partial charge < -0.3 is 9.53 Å². The average Bonchev–Trinajstić information content (AvgIpc) is 2.38. The number of benzene rings is 1. The van der Waals surface area contributed by atoms with Crippen LogP contribution in [0.2, 0.25) is 0 Å². The Morgan fingerprint density at radius 3 is 3.17 bits per heavy atom. The Morgan fingerprint density at radius 2 is 2.39 bits per heavy atom. The molecule has 1 aromatic rings. The first-order valence-corrected chi connectivity index (χ1v) is 8.37. The molecule has 2 nitrogen and oxygen atoms in total. The highest BCUT2D eigenvalue weighted by Crippen LogP contribution is 2.35. The molecule has 0 radical (unpaired) electrons. The van der Waals surface area contributed by atoms with Gasteiger partial charge in [0.2, 0.25) is 0 Å². The maximum atomic E-state index is 10.6. The van der Waals surface area contributed by atoms with E-state index in [2.05, 4.69) is 19.1 Å². The van der Waals surface area contributed by atoms with Crippen molar-refractivity contribution in [2.45, 2.75) is 25.4 Å². The van der Waals surface area contributed by atoms with Crippen molar-refractivity contribution in [1.82, 2.24) is 0 Å². The van der Waals surface area contributed by atoms with Gasteiger partial charge in [0.1, 0.15) is 18.0 Å². The number of aldehydes is 1. The summed E-state index contributed by atoms with van der Waals surface area (Å²) in [7, 11) is 0. The maximum Gasteiger partial charge on any atom is 0.134 e. The number of hydrogen-bond donors (Lipinski definition) is 0. The molecule has 1 aliphatic heterocycles. The SMILES string of the molecule is Cc1cc2c(c(CSCC(C)C=O)c1)OCSC2. The highest BCUT2D eigenvalue weighted by Gasteiger charge is 2.15. The van der Waals surface area contributed by atoms with Crippen molar-refractivity contribution in [2.75, 3.05) is 11.7 Å². The fourth-order valence-electron chi connectivity index (χ4n) is 1.97. The molecular weight excluding hydrogens is 264 g/mol. The van der Waals surface area contributed by atoms with Crippen molar-refractivity contribution in [3.8, 4) is 5.75 Å². The van der Waals surface area contributed by atoms with E-state index < -0.39 is 0 Å². The van der Waals surface area contributed by atoms with Crippen LogP contribution < -0.4 is 4.74 Å². The minimum absolute atomic E-state index is 0.132. The molecule has 0 saturated heterocycles. The molecule has 1 unspecified atom stereocenters. The molecular formula is C14H18O2S2. The molecule has 4 heteroatoms. The van der Waals surface area contributed by atoms with E-state index in [4.69, 9.17) is 4.74 Å². The summed E-state index contributed by atoms with van der Waals surface area (Å²) in [5.74, 6) is 4.80. The third kappa shape index (κ3) is 3.45. The molecule has 0 aromatic heterocycles. The first-order valence-electron chi connectivity index (χ1n) is 6.06. The molecule has 0 spiro atoms. The molecule has 0 bridgehead atoms. The fraction of sp³-hybridized carbons (Fsp3) is 0.500. The van der Waals surface area contributed by atoms with Crippen molar-refractivity contribution < 1.29 is 9.53 Å². The van der Waals surface area contributed by atoms with Crippen LogP contribution in [-0.2, 0) is 16.3 Å². The standard InChI is InChI=1S/C14H18O2S2/c1-10-3-12(7-17-6-11(2)5-15)14-13(4-10)8-18-9-16-14/h3-5,11H,6-9H2,1-2H3. The summed E-state index contributed by atoms with van der Waals surface area (Å²) in [6.07, 6.45) is 1.02. The lowest BCUT2D eigenvalue weighted by molar-refractivity contribution is -0.110. The molecule has 98 valence electrons. The number of fused-ring (bicyclic) bond motifs is 1. The molecule has 1 heterocycles. The number of thioether (sulfide) groups is 2. The molecule has 0 saturated carbocycles. The molecule has 0 aliphatic carbocycles. The van der Waals surface area contributed by atoms with Gasteiger partial charge in [-0.05, 0) is 6.92 Å². The second-order valence-corrected chi connectivity index (χ2v) is 6.61. The van der Waals surface area contributed by atoms with Crippen LogP contribution in [0.5, 0.6) is 5.75 Å². The Kier molecular flexibility index (Phi) is 5.01. The van der Waals surface area contributed by atoms with Crippen LogP contribution in [0, 0.1) is 12.8 Å². The van der Waals surface area contributed by atoms with Crippen molar-refractivity contribution in [3.05, 3.63) is 28.8 Å². The Labute approximate surface area is 117 Å². The van der Waals surface area contributed by atoms with Gasteiger partial charge in [-0.3, -0.25) is 0 Å². The van der Waals surface area contributed by atoms with Crippen molar-refractivity contribution >= 4 is 29.8 Å². The summed E-state index contributed by atoms with van der Waals surface area (Å²) < 4.78 is 5.77. The third-order valence-corrected chi connectivity index (χ3v) is 4.88. The molecule has 0 fully saturated rings. The quantitative estimate of drug-likeness (QED) is 0.770. The summed E-state index contributed by atoms with van der Waals surface area (Å²) in [6.45, 7) is 4.08. The summed E-state index contributed by atoms with van der Waals surface area (Å²) >= 11 is 3.61. The predicted molar refractivity (Wildman–Crippen MR) is 79.4 cm³/mol. The van der Waals surface area contributed by atoms with E-state index in [-0.39, 0.29) is 5.92 Å². The number of aryl methyl sites for hydroxylation is 1. The summed E-state index contributed by atoms with van der Waals surface area (Å²) in [6, 6.07) is 4.41. The second-order valence-electron chi connectivity index (χ2n) is 4.65. The predicted octanol–water partition coefficient (Wildman–Crippen LogP) is 3.65. The van der Waals surface area contributed by atoms with Crippen LogP contribution in [0.1, 0.15) is 23.6 Å². The van der Waals surface area contributed by atoms with Gasteiger partial charge in [-0.25, -0.2) is 0 Å². The lowest BCUT2D eigenvalue weighted by Crippen LogP contribution is -2.07. The molecule has 18 heavy (non-hydrogen) atoms. The Hall–Kier alpha value is -0.610. The van der Waals surface area contributed by atoms with Crippen LogP contribution in [0.4, 0.5) is 0 Å². The summed E-state index contributed by atoms with van der Waals surface area (Å²) in [4.78, 5) is 10.6. The Balaban J connectivity index is 2.07. The minimum Gasteiger partial charge on any atom is -0.482 e. The van der Waals surface area contributed by atoms with Gasteiger partial charge in [0, 0.05) is 34.3 Å². The zero-order chi connectivity index (χ0) is 13.0. The fourth-order valence-corrected chi connectivity index (χ4v) is 3.70. The van der Waals surface area contributed by atoms with E-state index in [1.807, 2.05) is 18.7 Å². The molecule has 0 N–H and O–H groups in total. The van der Waals surface area contributed by atoms with Crippen molar-refractivity contribution in [3.63, 3.8) is 0 Å². The molecule has 1 aliphatic rings. The van der Waals surface area contributed by atoms with Crippen molar-refractivity contribution in [1.29, 1.82) is 0 Å². The van der Waals surface area contributed by atoms with E-state index in [9.17, 15) is 4.79 Å². The number of carbonyl (C=O) groups excluding carboxylic acids is 1. The van der Waals surface area contributed by atoms with Crippen LogP contribution in [0.15, 0.2) is 12.1 Å². The zero-order valence-corrected chi connectivity index (χ0v) is 12.4. The van der Waals surface area contributed by atoms with Gasteiger partial charge >= 0.3 is 0 Å². The van der Waals surface area contributed by atoms with Gasteiger partial charge in [0.25, 0.3) is 0 Å². The molecule has 1 aromatic carbocycles. The van der Waals surface area contributed by atoms with Gasteiger partial charge in [-0.2, -0.15) is 11.8 Å². The second kappa shape index (κ2) is 6.53. The van der Waals surface area contributed by atoms with Crippen LogP contribution in [0.25, 0.3) is 0 Å². The molecule has 0 amide bonds. The van der Waals surface area contributed by atoms with Crippen LogP contribution in [0.3, 0.4) is 0 Å². The van der Waals surface area contributed by atoms with E-state index >= 15 is 0 Å². The number of carbonyl (C=O) groups is 1. The highest BCUT2D eigenvalue weighted by atomic mass is 32.2. The minimum atomic E-state index is 0.132. The summed E-state index contributed by atoms with van der Waals surface area (Å²) in [5.41, 5.74) is 3.87. The highest BCUT2D eigenvalue weighted by molar-refractivity contribution is 7.98. The van der Waals surface area contributed by atoms with Crippen LogP contribution >= 0.6 is 23.5 Å². The van der Waals surface area contributed by atoms with E-state index in [0.717, 1.165) is 35.2 Å². The van der Waals surface area contributed by atoms with Gasteiger partial charge in [0.15, 0.2) is 0 Å². The van der Waals surface area contributed by atoms with Crippen LogP contribution in [-0.4, -0.2) is 18.0 Å². The van der Waals surface area contributed by atoms with E-state index in [0.29, 0.717) is 0 Å². The molecule has 2 rings (SSSR count). The lowest BCUT2D eigenvalue weighted by Gasteiger charge is -2.21. The average molecular weight is 282 g/mol. The van der Waals surface area contributed by atoms with E-state index in [1.54, 1.807) is 11.8 Å². The van der Waals surface area contributed by atoms with E-state index in [1.165, 1.54) is 16.7 Å². The first-order chi connectivity index (χ1) is 8.70. The first kappa shape index (κ1) is 13.8. The lowest BCUT2D eigenvalue weighted by atomic mass is 10.1. The zero-order valence-electron chi connectivity index (χ0n) is 10.8. The third-order valence-electron chi connectivity index (χ3n) is 2.80. The van der Waals surface area contributed by atoms with Gasteiger partial charge in [-0.1, -0.05) is 24.6 Å². The topological polar surface area (TPSA) is 26.3 Å². The Bertz CT molecular complexity index is 432. The smallest absolute Gasteiger partial charge is 0.134 e. The van der Waals surface area contributed by atoms with Crippen molar-refractivity contribution in [2.24, 2.45) is 5.92 Å². The Morgan fingerprint density at radius 1 is 1.56 bits per heavy atom. The number of rotatable bonds is 5. The number of hydrogen-bond acceptors (Lipinski definition) is 4. The molecule has 1 atom stereocenters. The number of ether oxygens (including phenoxy) is 1. The largest absolute Gasteiger partial charge is 0.482 e.